The highest BCUT2D eigenvalue weighted by atomic mass is 16.3. The predicted octanol–water partition coefficient (Wildman–Crippen LogP) is 0.687. The van der Waals surface area contributed by atoms with Crippen LogP contribution in [0.25, 0.3) is 0 Å². The van der Waals surface area contributed by atoms with Gasteiger partial charge in [0, 0.05) is 19.3 Å². The fourth-order valence-electron chi connectivity index (χ4n) is 2.41. The SMILES string of the molecule is CCn1cc(N)cc1C(=O)N1CCC[C@H]1CO. The summed E-state index contributed by atoms with van der Waals surface area (Å²) in [6.45, 7) is 3.45. The normalized spacial score (nSPS) is 19.9. The molecule has 1 fully saturated rings. The molecule has 94 valence electrons. The van der Waals surface area contributed by atoms with Crippen LogP contribution in [0.1, 0.15) is 30.3 Å². The summed E-state index contributed by atoms with van der Waals surface area (Å²) in [5.74, 6) is -0.0277. The lowest BCUT2D eigenvalue weighted by Crippen LogP contribution is -2.38. The second-order valence-corrected chi connectivity index (χ2v) is 4.42. The number of aliphatic hydroxyl groups excluding tert-OH is 1. The number of anilines is 1. The Balaban J connectivity index is 2.24. The molecule has 1 aromatic rings. The first-order chi connectivity index (χ1) is 8.17. The van der Waals surface area contributed by atoms with Gasteiger partial charge in [0.15, 0.2) is 0 Å². The summed E-state index contributed by atoms with van der Waals surface area (Å²) in [5.41, 5.74) is 6.94. The molecule has 2 heterocycles. The molecule has 0 spiro atoms. The molecule has 0 aliphatic carbocycles. The molecule has 1 aliphatic heterocycles. The Labute approximate surface area is 101 Å². The van der Waals surface area contributed by atoms with E-state index in [0.29, 0.717) is 11.4 Å². The van der Waals surface area contributed by atoms with Gasteiger partial charge in [0.1, 0.15) is 5.69 Å². The summed E-state index contributed by atoms with van der Waals surface area (Å²) < 4.78 is 1.85. The molecule has 1 saturated heterocycles. The summed E-state index contributed by atoms with van der Waals surface area (Å²) in [6.07, 6.45) is 3.61. The quantitative estimate of drug-likeness (QED) is 0.812. The van der Waals surface area contributed by atoms with E-state index < -0.39 is 0 Å². The second-order valence-electron chi connectivity index (χ2n) is 4.42. The van der Waals surface area contributed by atoms with Gasteiger partial charge in [-0.3, -0.25) is 4.79 Å². The molecule has 1 aromatic heterocycles. The molecule has 0 aromatic carbocycles. The van der Waals surface area contributed by atoms with Gasteiger partial charge in [0.2, 0.25) is 0 Å². The first-order valence-electron chi connectivity index (χ1n) is 6.04. The molecule has 17 heavy (non-hydrogen) atoms. The molecule has 1 amide bonds. The molecule has 3 N–H and O–H groups in total. The van der Waals surface area contributed by atoms with E-state index in [1.807, 2.05) is 11.5 Å². The molecule has 2 rings (SSSR count). The number of nitrogen functional groups attached to an aromatic ring is 1. The van der Waals surface area contributed by atoms with Crippen LogP contribution >= 0.6 is 0 Å². The molecule has 0 radical (unpaired) electrons. The van der Waals surface area contributed by atoms with Crippen LogP contribution in [-0.4, -0.2) is 39.7 Å². The standard InChI is InChI=1S/C12H19N3O2/c1-2-14-7-9(13)6-11(14)12(17)15-5-3-4-10(15)8-16/h6-7,10,16H,2-5,8,13H2,1H3/t10-/m0/s1. The lowest BCUT2D eigenvalue weighted by atomic mass is 10.2. The van der Waals surface area contributed by atoms with Crippen LogP contribution in [0.4, 0.5) is 5.69 Å². The number of rotatable bonds is 3. The first-order valence-corrected chi connectivity index (χ1v) is 6.04. The van der Waals surface area contributed by atoms with Crippen LogP contribution in [0.3, 0.4) is 0 Å². The van der Waals surface area contributed by atoms with Crippen molar-refractivity contribution in [3.63, 3.8) is 0 Å². The fraction of sp³-hybridized carbons (Fsp3) is 0.583. The Morgan fingerprint density at radius 2 is 2.41 bits per heavy atom. The first kappa shape index (κ1) is 12.0. The molecular weight excluding hydrogens is 218 g/mol. The predicted molar refractivity (Wildman–Crippen MR) is 65.7 cm³/mol. The summed E-state index contributed by atoms with van der Waals surface area (Å²) in [4.78, 5) is 14.1. The smallest absolute Gasteiger partial charge is 0.270 e. The molecule has 0 bridgehead atoms. The van der Waals surface area contributed by atoms with E-state index >= 15 is 0 Å². The summed E-state index contributed by atoms with van der Waals surface area (Å²) >= 11 is 0. The average molecular weight is 237 g/mol. The van der Waals surface area contributed by atoms with Crippen LogP contribution in [0.15, 0.2) is 12.3 Å². The minimum absolute atomic E-state index is 0.0277. The molecule has 0 saturated carbocycles. The lowest BCUT2D eigenvalue weighted by Gasteiger charge is -2.23. The van der Waals surface area contributed by atoms with E-state index in [0.717, 1.165) is 25.9 Å². The van der Waals surface area contributed by atoms with Gasteiger partial charge in [-0.2, -0.15) is 0 Å². The van der Waals surface area contributed by atoms with E-state index in [4.69, 9.17) is 5.73 Å². The number of likely N-dealkylation sites (tertiary alicyclic amines) is 1. The summed E-state index contributed by atoms with van der Waals surface area (Å²) in [5, 5.41) is 9.24. The number of aryl methyl sites for hydroxylation is 1. The third kappa shape index (κ3) is 2.15. The molecule has 1 aliphatic rings. The largest absolute Gasteiger partial charge is 0.397 e. The maximum atomic E-state index is 12.3. The summed E-state index contributed by atoms with van der Waals surface area (Å²) in [6, 6.07) is 1.67. The van der Waals surface area contributed by atoms with Gasteiger partial charge < -0.3 is 20.3 Å². The van der Waals surface area contributed by atoms with Gasteiger partial charge in [-0.05, 0) is 25.8 Å². The van der Waals surface area contributed by atoms with Crippen LogP contribution in [0.2, 0.25) is 0 Å². The van der Waals surface area contributed by atoms with Crippen LogP contribution < -0.4 is 5.73 Å². The van der Waals surface area contributed by atoms with E-state index in [9.17, 15) is 9.90 Å². The van der Waals surface area contributed by atoms with E-state index in [2.05, 4.69) is 0 Å². The fourth-order valence-corrected chi connectivity index (χ4v) is 2.41. The van der Waals surface area contributed by atoms with E-state index in [1.165, 1.54) is 0 Å². The van der Waals surface area contributed by atoms with Crippen LogP contribution in [0, 0.1) is 0 Å². The summed E-state index contributed by atoms with van der Waals surface area (Å²) in [7, 11) is 0. The highest BCUT2D eigenvalue weighted by molar-refractivity contribution is 5.94. The zero-order valence-electron chi connectivity index (χ0n) is 10.1. The molecule has 0 unspecified atom stereocenters. The third-order valence-corrected chi connectivity index (χ3v) is 3.33. The maximum absolute atomic E-state index is 12.3. The van der Waals surface area contributed by atoms with E-state index in [-0.39, 0.29) is 18.6 Å². The topological polar surface area (TPSA) is 71.5 Å². The van der Waals surface area contributed by atoms with Gasteiger partial charge in [0.25, 0.3) is 5.91 Å². The molecular formula is C12H19N3O2. The number of nitrogens with zero attached hydrogens (tertiary/aromatic N) is 2. The van der Waals surface area contributed by atoms with Gasteiger partial charge in [-0.1, -0.05) is 0 Å². The number of carbonyl (C=O) groups excluding carboxylic acids is 1. The number of carbonyl (C=O) groups is 1. The number of nitrogens with two attached hydrogens (primary N) is 1. The Kier molecular flexibility index (Phi) is 3.38. The zero-order valence-corrected chi connectivity index (χ0v) is 10.1. The Morgan fingerprint density at radius 1 is 1.65 bits per heavy atom. The van der Waals surface area contributed by atoms with Gasteiger partial charge >= 0.3 is 0 Å². The Hall–Kier alpha value is -1.49. The number of aromatic nitrogens is 1. The van der Waals surface area contributed by atoms with Crippen molar-refractivity contribution in [1.82, 2.24) is 9.47 Å². The van der Waals surface area contributed by atoms with Crippen LogP contribution in [0.5, 0.6) is 0 Å². The number of amides is 1. The van der Waals surface area contributed by atoms with Gasteiger partial charge in [0.05, 0.1) is 18.3 Å². The van der Waals surface area contributed by atoms with Crippen molar-refractivity contribution in [3.05, 3.63) is 18.0 Å². The number of aliphatic hydroxyl groups is 1. The second kappa shape index (κ2) is 4.79. The van der Waals surface area contributed by atoms with Gasteiger partial charge in [-0.15, -0.1) is 0 Å². The van der Waals surface area contributed by atoms with Crippen molar-refractivity contribution in [2.75, 3.05) is 18.9 Å². The van der Waals surface area contributed by atoms with Crippen molar-refractivity contribution >= 4 is 11.6 Å². The van der Waals surface area contributed by atoms with Crippen LogP contribution in [-0.2, 0) is 6.54 Å². The Bertz CT molecular complexity index is 414. The van der Waals surface area contributed by atoms with Crippen molar-refractivity contribution in [1.29, 1.82) is 0 Å². The maximum Gasteiger partial charge on any atom is 0.270 e. The molecule has 5 nitrogen and oxygen atoms in total. The van der Waals surface area contributed by atoms with Crippen molar-refractivity contribution in [3.8, 4) is 0 Å². The number of hydrogen-bond donors (Lipinski definition) is 2. The highest BCUT2D eigenvalue weighted by Crippen LogP contribution is 2.21. The number of hydrogen-bond acceptors (Lipinski definition) is 3. The molecule has 5 heteroatoms. The van der Waals surface area contributed by atoms with Crippen molar-refractivity contribution < 1.29 is 9.90 Å². The molecule has 1 atom stereocenters. The van der Waals surface area contributed by atoms with Crippen molar-refractivity contribution in [2.24, 2.45) is 0 Å². The average Bonchev–Trinajstić information content (AvgIpc) is 2.93. The monoisotopic (exact) mass is 237 g/mol. The third-order valence-electron chi connectivity index (χ3n) is 3.33. The van der Waals surface area contributed by atoms with E-state index in [1.54, 1.807) is 17.2 Å². The highest BCUT2D eigenvalue weighted by Gasteiger charge is 2.30. The lowest BCUT2D eigenvalue weighted by molar-refractivity contribution is 0.0667. The minimum Gasteiger partial charge on any atom is -0.397 e. The Morgan fingerprint density at radius 3 is 3.06 bits per heavy atom. The van der Waals surface area contributed by atoms with Crippen molar-refractivity contribution in [2.45, 2.75) is 32.4 Å². The zero-order chi connectivity index (χ0) is 12.4. The van der Waals surface area contributed by atoms with Gasteiger partial charge in [-0.25, -0.2) is 0 Å². The minimum atomic E-state index is -0.0380.